The first-order chi connectivity index (χ1) is 8.69. The maximum Gasteiger partial charge on any atom is 0.0681 e. The normalized spacial score (nSPS) is 19.9. The third-order valence-corrected chi connectivity index (χ3v) is 3.93. The Morgan fingerprint density at radius 1 is 1.17 bits per heavy atom. The second kappa shape index (κ2) is 6.32. The molecule has 1 atom stereocenters. The zero-order chi connectivity index (χ0) is 13.0. The molecule has 0 amide bonds. The van der Waals surface area contributed by atoms with Gasteiger partial charge in [0.2, 0.25) is 0 Å². The zero-order valence-corrected chi connectivity index (χ0v) is 11.0. The number of hydrogen-bond acceptors (Lipinski definition) is 3. The summed E-state index contributed by atoms with van der Waals surface area (Å²) in [7, 11) is 0. The molecule has 3 nitrogen and oxygen atoms in total. The molecule has 0 bridgehead atoms. The summed E-state index contributed by atoms with van der Waals surface area (Å²) >= 11 is 0. The number of benzene rings is 1. The minimum atomic E-state index is -0.170. The van der Waals surface area contributed by atoms with Gasteiger partial charge in [-0.1, -0.05) is 24.3 Å². The topological polar surface area (TPSA) is 43.7 Å². The Morgan fingerprint density at radius 2 is 1.72 bits per heavy atom. The first kappa shape index (κ1) is 13.5. The summed E-state index contributed by atoms with van der Waals surface area (Å²) in [6, 6.07) is 8.15. The third-order valence-electron chi connectivity index (χ3n) is 3.93. The average Bonchev–Trinajstić information content (AvgIpc) is 2.40. The van der Waals surface area contributed by atoms with Crippen LogP contribution in [0.3, 0.4) is 0 Å². The molecule has 0 aliphatic carbocycles. The highest BCUT2D eigenvalue weighted by molar-refractivity contribution is 5.21. The molecule has 0 aromatic heterocycles. The van der Waals surface area contributed by atoms with Crippen molar-refractivity contribution >= 4 is 0 Å². The molecule has 1 heterocycles. The minimum absolute atomic E-state index is 0.111. The van der Waals surface area contributed by atoms with Crippen LogP contribution in [0.2, 0.25) is 0 Å². The number of hydrogen-bond donors (Lipinski definition) is 2. The molecular formula is C15H23NO2. The SMILES string of the molecule is CC(O)C1CCN(Cc2ccc(CO)cc2)CC1. The molecule has 1 aromatic carbocycles. The van der Waals surface area contributed by atoms with Gasteiger partial charge in [0.15, 0.2) is 0 Å². The fourth-order valence-electron chi connectivity index (χ4n) is 2.60. The van der Waals surface area contributed by atoms with E-state index in [1.54, 1.807) is 0 Å². The van der Waals surface area contributed by atoms with E-state index >= 15 is 0 Å². The van der Waals surface area contributed by atoms with E-state index in [-0.39, 0.29) is 12.7 Å². The second-order valence-corrected chi connectivity index (χ2v) is 5.33. The van der Waals surface area contributed by atoms with Crippen molar-refractivity contribution in [3.8, 4) is 0 Å². The third kappa shape index (κ3) is 3.55. The molecule has 2 N–H and O–H groups in total. The Labute approximate surface area is 109 Å². The summed E-state index contributed by atoms with van der Waals surface area (Å²) in [5.74, 6) is 0.470. The molecule has 1 aliphatic rings. The highest BCUT2D eigenvalue weighted by atomic mass is 16.3. The van der Waals surface area contributed by atoms with E-state index in [0.29, 0.717) is 5.92 Å². The van der Waals surface area contributed by atoms with E-state index < -0.39 is 0 Å². The molecule has 2 rings (SSSR count). The molecule has 100 valence electrons. The number of aliphatic hydroxyl groups excluding tert-OH is 2. The van der Waals surface area contributed by atoms with Gasteiger partial charge in [0.1, 0.15) is 0 Å². The van der Waals surface area contributed by atoms with Crippen molar-refractivity contribution in [3.63, 3.8) is 0 Å². The summed E-state index contributed by atoms with van der Waals surface area (Å²) in [5.41, 5.74) is 2.26. The van der Waals surface area contributed by atoms with Crippen molar-refractivity contribution < 1.29 is 10.2 Å². The zero-order valence-electron chi connectivity index (χ0n) is 11.0. The summed E-state index contributed by atoms with van der Waals surface area (Å²) in [6.07, 6.45) is 2.01. The Morgan fingerprint density at radius 3 is 2.22 bits per heavy atom. The number of piperidine rings is 1. The van der Waals surface area contributed by atoms with Crippen molar-refractivity contribution in [2.24, 2.45) is 5.92 Å². The fraction of sp³-hybridized carbons (Fsp3) is 0.600. The fourth-order valence-corrected chi connectivity index (χ4v) is 2.60. The van der Waals surface area contributed by atoms with Gasteiger partial charge in [0, 0.05) is 6.54 Å². The van der Waals surface area contributed by atoms with Gasteiger partial charge in [-0.05, 0) is 49.9 Å². The standard InChI is InChI=1S/C15H23NO2/c1-12(18)15-6-8-16(9-7-15)10-13-2-4-14(11-17)5-3-13/h2-5,12,15,17-18H,6-11H2,1H3. The molecule has 1 unspecified atom stereocenters. The van der Waals surface area contributed by atoms with Crippen molar-refractivity contribution in [1.82, 2.24) is 4.90 Å². The van der Waals surface area contributed by atoms with E-state index in [2.05, 4.69) is 17.0 Å². The minimum Gasteiger partial charge on any atom is -0.393 e. The molecule has 1 fully saturated rings. The lowest BCUT2D eigenvalue weighted by Gasteiger charge is -2.33. The Hall–Kier alpha value is -0.900. The average molecular weight is 249 g/mol. The van der Waals surface area contributed by atoms with Crippen LogP contribution >= 0.6 is 0 Å². The van der Waals surface area contributed by atoms with E-state index in [1.807, 2.05) is 19.1 Å². The van der Waals surface area contributed by atoms with Gasteiger partial charge in [-0.3, -0.25) is 4.90 Å². The van der Waals surface area contributed by atoms with Crippen molar-refractivity contribution in [2.45, 2.75) is 39.0 Å². The van der Waals surface area contributed by atoms with Crippen LogP contribution in [-0.4, -0.2) is 34.3 Å². The smallest absolute Gasteiger partial charge is 0.0681 e. The molecule has 1 aliphatic heterocycles. The van der Waals surface area contributed by atoms with Crippen molar-refractivity contribution in [3.05, 3.63) is 35.4 Å². The lowest BCUT2D eigenvalue weighted by molar-refractivity contribution is 0.0695. The largest absolute Gasteiger partial charge is 0.393 e. The first-order valence-corrected chi connectivity index (χ1v) is 6.78. The summed E-state index contributed by atoms with van der Waals surface area (Å²) in [5, 5.41) is 18.6. The molecular weight excluding hydrogens is 226 g/mol. The Kier molecular flexibility index (Phi) is 4.75. The molecule has 0 radical (unpaired) electrons. The van der Waals surface area contributed by atoms with Crippen LogP contribution in [0, 0.1) is 5.92 Å². The molecule has 0 spiro atoms. The van der Waals surface area contributed by atoms with Crippen LogP contribution < -0.4 is 0 Å². The first-order valence-electron chi connectivity index (χ1n) is 6.78. The Bertz CT molecular complexity index is 353. The molecule has 1 aromatic rings. The lowest BCUT2D eigenvalue weighted by atomic mass is 9.92. The monoisotopic (exact) mass is 249 g/mol. The van der Waals surface area contributed by atoms with Crippen molar-refractivity contribution in [1.29, 1.82) is 0 Å². The van der Waals surface area contributed by atoms with E-state index in [4.69, 9.17) is 5.11 Å². The molecule has 18 heavy (non-hydrogen) atoms. The summed E-state index contributed by atoms with van der Waals surface area (Å²) in [4.78, 5) is 2.44. The van der Waals surface area contributed by atoms with E-state index in [1.165, 1.54) is 5.56 Å². The Balaban J connectivity index is 1.83. The van der Waals surface area contributed by atoms with Gasteiger partial charge in [-0.15, -0.1) is 0 Å². The number of rotatable bonds is 4. The molecule has 0 saturated carbocycles. The summed E-state index contributed by atoms with van der Waals surface area (Å²) < 4.78 is 0. The van der Waals surface area contributed by atoms with Gasteiger partial charge in [0.25, 0.3) is 0 Å². The van der Waals surface area contributed by atoms with Gasteiger partial charge in [0.05, 0.1) is 12.7 Å². The maximum absolute atomic E-state index is 9.57. The second-order valence-electron chi connectivity index (χ2n) is 5.33. The lowest BCUT2D eigenvalue weighted by Crippen LogP contribution is -2.36. The number of aliphatic hydroxyl groups is 2. The predicted molar refractivity (Wildman–Crippen MR) is 72.0 cm³/mol. The molecule has 3 heteroatoms. The number of likely N-dealkylation sites (tertiary alicyclic amines) is 1. The maximum atomic E-state index is 9.57. The van der Waals surface area contributed by atoms with Gasteiger partial charge >= 0.3 is 0 Å². The van der Waals surface area contributed by atoms with Crippen LogP contribution in [-0.2, 0) is 13.2 Å². The predicted octanol–water partition coefficient (Wildman–Crippen LogP) is 1.77. The van der Waals surface area contributed by atoms with Crippen molar-refractivity contribution in [2.75, 3.05) is 13.1 Å². The van der Waals surface area contributed by atoms with Crippen LogP contribution in [0.5, 0.6) is 0 Å². The highest BCUT2D eigenvalue weighted by Crippen LogP contribution is 2.21. The quantitative estimate of drug-likeness (QED) is 0.854. The van der Waals surface area contributed by atoms with Crippen LogP contribution in [0.25, 0.3) is 0 Å². The molecule has 1 saturated heterocycles. The van der Waals surface area contributed by atoms with Crippen LogP contribution in [0.1, 0.15) is 30.9 Å². The number of nitrogens with zero attached hydrogens (tertiary/aromatic N) is 1. The summed E-state index contributed by atoms with van der Waals surface area (Å²) in [6.45, 7) is 5.11. The van der Waals surface area contributed by atoms with E-state index in [0.717, 1.165) is 38.0 Å². The van der Waals surface area contributed by atoms with E-state index in [9.17, 15) is 5.11 Å². The highest BCUT2D eigenvalue weighted by Gasteiger charge is 2.22. The van der Waals surface area contributed by atoms with Gasteiger partial charge in [-0.25, -0.2) is 0 Å². The van der Waals surface area contributed by atoms with Gasteiger partial charge in [-0.2, -0.15) is 0 Å². The van der Waals surface area contributed by atoms with Crippen LogP contribution in [0.4, 0.5) is 0 Å². The van der Waals surface area contributed by atoms with Gasteiger partial charge < -0.3 is 10.2 Å². The van der Waals surface area contributed by atoms with Crippen LogP contribution in [0.15, 0.2) is 24.3 Å².